The van der Waals surface area contributed by atoms with Gasteiger partial charge in [0.25, 0.3) is 0 Å². The van der Waals surface area contributed by atoms with Gasteiger partial charge < -0.3 is 19.3 Å². The number of alkyl halides is 1. The number of ether oxygens (including phenoxy) is 3. The van der Waals surface area contributed by atoms with Crippen LogP contribution in [-0.4, -0.2) is 53.2 Å². The van der Waals surface area contributed by atoms with Gasteiger partial charge in [-0.2, -0.15) is 0 Å². The van der Waals surface area contributed by atoms with Crippen molar-refractivity contribution in [1.82, 2.24) is 9.97 Å². The van der Waals surface area contributed by atoms with Crippen LogP contribution in [0.2, 0.25) is 0 Å². The Morgan fingerprint density at radius 1 is 0.738 bits per heavy atom. The maximum absolute atomic E-state index is 11.8. The highest BCUT2D eigenvalue weighted by molar-refractivity contribution is 9.09. The number of unbranched alkanes of at least 4 members (excludes halogenated alkanes) is 2. The minimum atomic E-state index is -0.419. The van der Waals surface area contributed by atoms with Crippen molar-refractivity contribution in [3.63, 3.8) is 0 Å². The van der Waals surface area contributed by atoms with Crippen molar-refractivity contribution >= 4 is 27.9 Å². The number of halogens is 1. The lowest BCUT2D eigenvalue weighted by Gasteiger charge is -2.12. The molecule has 2 aromatic heterocycles. The van der Waals surface area contributed by atoms with Crippen LogP contribution in [0.5, 0.6) is 11.5 Å². The number of nitrogens with zero attached hydrogens (tertiary/aromatic N) is 2. The fraction of sp³-hybridized carbons (Fsp3) is 0.273. The molecule has 0 aliphatic carbocycles. The van der Waals surface area contributed by atoms with Crippen LogP contribution in [0.25, 0.3) is 22.5 Å². The summed E-state index contributed by atoms with van der Waals surface area (Å²) in [5, 5.41) is 10.8. The summed E-state index contributed by atoms with van der Waals surface area (Å²) < 4.78 is 15.4. The molecule has 4 rings (SSSR count). The topological polar surface area (TPSA) is 108 Å². The molecule has 0 radical (unpaired) electrons. The smallest absolute Gasteiger partial charge is 0.337 e. The van der Waals surface area contributed by atoms with E-state index in [2.05, 4.69) is 30.6 Å². The molecule has 8 nitrogen and oxygen atoms in total. The molecule has 0 fully saturated rings. The molecule has 0 saturated carbocycles. The quantitative estimate of drug-likeness (QED) is 0.110. The van der Waals surface area contributed by atoms with Crippen LogP contribution in [-0.2, 0) is 9.47 Å². The van der Waals surface area contributed by atoms with Crippen molar-refractivity contribution in [3.05, 3.63) is 95.3 Å². The second-order valence-electron chi connectivity index (χ2n) is 9.36. The maximum atomic E-state index is 11.8. The van der Waals surface area contributed by atoms with Crippen molar-refractivity contribution in [2.75, 3.05) is 26.2 Å². The van der Waals surface area contributed by atoms with Gasteiger partial charge in [-0.25, -0.2) is 9.59 Å². The molecule has 9 heteroatoms. The van der Waals surface area contributed by atoms with Crippen molar-refractivity contribution in [3.8, 4) is 34.0 Å². The Kier molecular flexibility index (Phi) is 12.5. The molecule has 220 valence electrons. The number of benzene rings is 2. The van der Waals surface area contributed by atoms with E-state index >= 15 is 0 Å². The van der Waals surface area contributed by atoms with Crippen LogP contribution < -0.4 is 4.74 Å². The van der Waals surface area contributed by atoms with Crippen LogP contribution >= 0.6 is 15.9 Å². The number of aryl methyl sites for hydroxylation is 2. The van der Waals surface area contributed by atoms with Gasteiger partial charge in [-0.05, 0) is 81.6 Å². The summed E-state index contributed by atoms with van der Waals surface area (Å²) in [6, 6.07) is 21.3. The van der Waals surface area contributed by atoms with E-state index in [1.165, 1.54) is 14.2 Å². The summed E-state index contributed by atoms with van der Waals surface area (Å²) in [4.78, 5) is 32.2. The normalized spacial score (nSPS) is 10.3. The summed E-state index contributed by atoms with van der Waals surface area (Å²) in [5.74, 6) is 0.128. The molecule has 42 heavy (non-hydrogen) atoms. The average molecular weight is 636 g/mol. The summed E-state index contributed by atoms with van der Waals surface area (Å²) in [6.07, 6.45) is 3.28. The number of hydrogen-bond donors (Lipinski definition) is 1. The van der Waals surface area contributed by atoms with E-state index in [9.17, 15) is 14.7 Å². The number of methoxy groups -OCH3 is 2. The second kappa shape index (κ2) is 16.3. The van der Waals surface area contributed by atoms with Crippen LogP contribution in [0.15, 0.2) is 72.8 Å². The number of carbonyl (C=O) groups excluding carboxylic acids is 2. The fourth-order valence-electron chi connectivity index (χ4n) is 4.13. The number of phenolic OH excluding ortho intramolecular Hbond substituents is 1. The van der Waals surface area contributed by atoms with E-state index < -0.39 is 5.97 Å². The Balaban J connectivity index is 0.000000240. The molecule has 0 amide bonds. The van der Waals surface area contributed by atoms with Crippen LogP contribution in [0, 0.1) is 13.8 Å². The third-order valence-electron chi connectivity index (χ3n) is 6.13. The Labute approximate surface area is 254 Å². The van der Waals surface area contributed by atoms with Crippen molar-refractivity contribution < 1.29 is 28.9 Å². The van der Waals surface area contributed by atoms with E-state index in [1.54, 1.807) is 55.5 Å². The van der Waals surface area contributed by atoms with Crippen molar-refractivity contribution in [2.45, 2.75) is 33.1 Å². The van der Waals surface area contributed by atoms with Crippen molar-refractivity contribution in [2.24, 2.45) is 0 Å². The van der Waals surface area contributed by atoms with E-state index in [1.807, 2.05) is 31.2 Å². The van der Waals surface area contributed by atoms with Gasteiger partial charge in [-0.1, -0.05) is 40.2 Å². The van der Waals surface area contributed by atoms with Gasteiger partial charge in [0, 0.05) is 27.8 Å². The Morgan fingerprint density at radius 2 is 1.26 bits per heavy atom. The number of rotatable bonds is 10. The highest BCUT2D eigenvalue weighted by Crippen LogP contribution is 2.30. The first-order valence-electron chi connectivity index (χ1n) is 13.5. The molecule has 2 aromatic carbocycles. The third-order valence-corrected chi connectivity index (χ3v) is 6.69. The number of pyridine rings is 2. The summed E-state index contributed by atoms with van der Waals surface area (Å²) in [7, 11) is 2.71. The highest BCUT2D eigenvalue weighted by atomic mass is 79.9. The van der Waals surface area contributed by atoms with Crippen LogP contribution in [0.1, 0.15) is 51.4 Å². The third kappa shape index (κ3) is 9.14. The number of esters is 2. The van der Waals surface area contributed by atoms with Gasteiger partial charge in [0.2, 0.25) is 0 Å². The molecule has 4 aromatic rings. The maximum Gasteiger partial charge on any atom is 0.337 e. The van der Waals surface area contributed by atoms with E-state index in [-0.39, 0.29) is 11.7 Å². The highest BCUT2D eigenvalue weighted by Gasteiger charge is 2.14. The van der Waals surface area contributed by atoms with E-state index in [0.29, 0.717) is 40.4 Å². The first-order valence-corrected chi connectivity index (χ1v) is 14.6. The molecule has 2 heterocycles. The average Bonchev–Trinajstić information content (AvgIpc) is 3.00. The molecule has 0 saturated heterocycles. The number of carbonyl (C=O) groups is 2. The summed E-state index contributed by atoms with van der Waals surface area (Å²) in [6.45, 7) is 4.31. The van der Waals surface area contributed by atoms with Gasteiger partial charge in [-0.15, -0.1) is 0 Å². The molecule has 1 N–H and O–H groups in total. The van der Waals surface area contributed by atoms with Crippen molar-refractivity contribution in [1.29, 1.82) is 0 Å². The number of para-hydroxylation sites is 2. The lowest BCUT2D eigenvalue weighted by molar-refractivity contribution is 0.0591. The first-order chi connectivity index (χ1) is 20.3. The van der Waals surface area contributed by atoms with Gasteiger partial charge in [0.15, 0.2) is 0 Å². The zero-order valence-corrected chi connectivity index (χ0v) is 25.8. The van der Waals surface area contributed by atoms with E-state index in [0.717, 1.165) is 41.6 Å². The fourth-order valence-corrected chi connectivity index (χ4v) is 4.53. The largest absolute Gasteiger partial charge is 0.507 e. The molecule has 0 aliphatic heterocycles. The Morgan fingerprint density at radius 3 is 1.81 bits per heavy atom. The van der Waals surface area contributed by atoms with Gasteiger partial charge in [0.05, 0.1) is 43.3 Å². The molecular formula is C33H35BrN2O6. The lowest BCUT2D eigenvalue weighted by atomic mass is 10.1. The monoisotopic (exact) mass is 634 g/mol. The minimum absolute atomic E-state index is 0.131. The molecule has 0 unspecified atom stereocenters. The SMILES string of the molecule is COC(=O)c1cc(C)nc(-c2ccccc2O)c1.COC(=O)c1cc(C)nc(-c2ccccc2OCCCCCBr)c1. The molecule has 0 bridgehead atoms. The summed E-state index contributed by atoms with van der Waals surface area (Å²) in [5.41, 5.74) is 5.10. The zero-order valence-electron chi connectivity index (χ0n) is 24.2. The molecule has 0 atom stereocenters. The lowest BCUT2D eigenvalue weighted by Crippen LogP contribution is -2.04. The predicted molar refractivity (Wildman–Crippen MR) is 166 cm³/mol. The molecule has 0 aliphatic rings. The number of aromatic nitrogens is 2. The van der Waals surface area contributed by atoms with Gasteiger partial charge in [-0.3, -0.25) is 9.97 Å². The Bertz CT molecular complexity index is 1510. The van der Waals surface area contributed by atoms with Gasteiger partial charge in [0.1, 0.15) is 11.5 Å². The van der Waals surface area contributed by atoms with E-state index in [4.69, 9.17) is 9.47 Å². The second-order valence-corrected chi connectivity index (χ2v) is 10.2. The van der Waals surface area contributed by atoms with Gasteiger partial charge >= 0.3 is 11.9 Å². The molecule has 0 spiro atoms. The number of aromatic hydroxyl groups is 1. The summed E-state index contributed by atoms with van der Waals surface area (Å²) >= 11 is 3.43. The minimum Gasteiger partial charge on any atom is -0.507 e. The standard InChI is InChI=1S/C19H22BrNO3.C14H13NO3/c1-14-12-15(19(22)23-2)13-17(21-14)16-8-4-5-9-18(16)24-11-7-3-6-10-20;1-9-7-10(14(17)18-2)8-12(15-9)11-5-3-4-6-13(11)16/h4-5,8-9,12-13H,3,6-7,10-11H2,1-2H3;3-8,16H,1-2H3. The van der Waals surface area contributed by atoms with Crippen LogP contribution in [0.4, 0.5) is 0 Å². The zero-order chi connectivity index (χ0) is 30.5. The Hall–Kier alpha value is -4.24. The first kappa shape index (κ1) is 32.3. The number of phenols is 1. The predicted octanol–water partition coefficient (Wildman–Crippen LogP) is 7.34. The number of hydrogen-bond acceptors (Lipinski definition) is 8. The van der Waals surface area contributed by atoms with Crippen LogP contribution in [0.3, 0.4) is 0 Å². The molecular weight excluding hydrogens is 600 g/mol.